The number of hydrogen-bond donors (Lipinski definition) is 1. The van der Waals surface area contributed by atoms with Crippen LogP contribution in [0, 0.1) is 0 Å². The Kier molecular flexibility index (Phi) is 9.82. The molecule has 0 fully saturated rings. The molecule has 1 aliphatic heterocycles. The van der Waals surface area contributed by atoms with E-state index in [1.807, 2.05) is 0 Å². The second kappa shape index (κ2) is 13.3. The van der Waals surface area contributed by atoms with Crippen molar-refractivity contribution >= 4 is 35.1 Å². The van der Waals surface area contributed by atoms with Crippen molar-refractivity contribution in [3.8, 4) is 5.75 Å². The number of hydrogen-bond acceptors (Lipinski definition) is 4. The summed E-state index contributed by atoms with van der Waals surface area (Å²) in [5.74, 6) is 0.591. The Morgan fingerprint density at radius 3 is 2.12 bits per heavy atom. The Morgan fingerprint density at radius 1 is 1.02 bits per heavy atom. The van der Waals surface area contributed by atoms with Crippen LogP contribution in [0.3, 0.4) is 0 Å². The van der Waals surface area contributed by atoms with Crippen LogP contribution in [0.5, 0.6) is 5.75 Å². The van der Waals surface area contributed by atoms with E-state index in [-0.39, 0.29) is 30.3 Å². The highest BCUT2D eigenvalue weighted by Gasteiger charge is 2.43. The fourth-order valence-corrected chi connectivity index (χ4v) is 4.68. The maximum Gasteiger partial charge on any atom is 0.416 e. The highest BCUT2D eigenvalue weighted by molar-refractivity contribution is 6.30. The number of furan rings is 1. The molecular formula is C30H25Cl2F3N3O4-. The topological polar surface area (TPSA) is 99.1 Å². The third-order valence-corrected chi connectivity index (χ3v) is 6.80. The van der Waals surface area contributed by atoms with Crippen LogP contribution >= 0.6 is 23.2 Å². The van der Waals surface area contributed by atoms with Gasteiger partial charge in [0.05, 0.1) is 35.8 Å². The first-order chi connectivity index (χ1) is 20.0. The number of rotatable bonds is 6. The van der Waals surface area contributed by atoms with Gasteiger partial charge in [-0.2, -0.15) is 13.2 Å². The second-order valence-corrected chi connectivity index (χ2v) is 9.87. The molecule has 0 aliphatic carbocycles. The number of amides is 1. The Bertz CT molecular complexity index is 1530. The molecule has 2 N–H and O–H groups in total. The molecular weight excluding hydrogens is 594 g/mol. The minimum atomic E-state index is -4.59. The molecule has 7 nitrogen and oxygen atoms in total. The first-order valence-corrected chi connectivity index (χ1v) is 13.4. The summed E-state index contributed by atoms with van der Waals surface area (Å²) in [7, 11) is 0. The van der Waals surface area contributed by atoms with E-state index in [1.165, 1.54) is 6.07 Å². The molecule has 4 aromatic rings. The average molecular weight is 619 g/mol. The Morgan fingerprint density at radius 2 is 1.64 bits per heavy atom. The summed E-state index contributed by atoms with van der Waals surface area (Å²) in [6, 6.07) is 18.4. The van der Waals surface area contributed by atoms with E-state index in [9.17, 15) is 23.1 Å². The van der Waals surface area contributed by atoms with Gasteiger partial charge in [0, 0.05) is 10.0 Å². The molecule has 42 heavy (non-hydrogen) atoms. The lowest BCUT2D eigenvalue weighted by molar-refractivity contribution is -0.137. The lowest BCUT2D eigenvalue weighted by Gasteiger charge is -2.27. The number of ether oxygens (including phenoxy) is 1. The quantitative estimate of drug-likeness (QED) is 0.232. The maximum absolute atomic E-state index is 13.3. The van der Waals surface area contributed by atoms with E-state index in [0.717, 1.165) is 22.8 Å². The number of aliphatic imine (C=N–C) groups is 1. The monoisotopic (exact) mass is 618 g/mol. The van der Waals surface area contributed by atoms with Crippen molar-refractivity contribution in [3.63, 3.8) is 0 Å². The Labute approximate surface area is 249 Å². The van der Waals surface area contributed by atoms with Crippen molar-refractivity contribution in [3.05, 3.63) is 129 Å². The van der Waals surface area contributed by atoms with Crippen molar-refractivity contribution < 1.29 is 32.2 Å². The van der Waals surface area contributed by atoms with Crippen molar-refractivity contribution in [2.45, 2.75) is 31.7 Å². The number of nitrogens with zero attached hydrogens (tertiary/aromatic N) is 2. The van der Waals surface area contributed by atoms with Crippen LogP contribution in [0.2, 0.25) is 10.0 Å². The molecule has 220 valence electrons. The van der Waals surface area contributed by atoms with Crippen LogP contribution in [0.15, 0.2) is 94.5 Å². The number of benzene rings is 3. The van der Waals surface area contributed by atoms with Crippen LogP contribution < -0.4 is 4.74 Å². The molecule has 12 heteroatoms. The summed E-state index contributed by atoms with van der Waals surface area (Å²) in [6.45, 7) is 1.95. The van der Waals surface area contributed by atoms with Gasteiger partial charge in [-0.15, -0.1) is 0 Å². The van der Waals surface area contributed by atoms with E-state index in [2.05, 4.69) is 0 Å². The van der Waals surface area contributed by atoms with Gasteiger partial charge in [-0.1, -0.05) is 54.0 Å². The predicted molar refractivity (Wildman–Crippen MR) is 154 cm³/mol. The predicted octanol–water partition coefficient (Wildman–Crippen LogP) is 9.47. The summed E-state index contributed by atoms with van der Waals surface area (Å²) >= 11 is 12.1. The van der Waals surface area contributed by atoms with Gasteiger partial charge >= 0.3 is 12.3 Å². The van der Waals surface area contributed by atoms with E-state index < -0.39 is 29.9 Å². The second-order valence-electron chi connectivity index (χ2n) is 9.00. The van der Waals surface area contributed by atoms with Crippen LogP contribution in [-0.4, -0.2) is 28.5 Å². The van der Waals surface area contributed by atoms with Gasteiger partial charge in [-0.05, 0) is 72.6 Å². The number of nitrogens with one attached hydrogen (secondary N) is 1. The molecule has 0 bridgehead atoms. The molecule has 1 amide bonds. The maximum atomic E-state index is 13.3. The van der Waals surface area contributed by atoms with E-state index in [0.29, 0.717) is 21.2 Å². The molecule has 5 rings (SSSR count). The van der Waals surface area contributed by atoms with Crippen LogP contribution in [0.25, 0.3) is 5.73 Å². The molecule has 2 unspecified atom stereocenters. The summed E-state index contributed by atoms with van der Waals surface area (Å²) in [5.41, 5.74) is 7.29. The van der Waals surface area contributed by atoms with E-state index >= 15 is 0 Å². The number of amidine groups is 1. The van der Waals surface area contributed by atoms with Gasteiger partial charge in [-0.25, -0.2) is 4.79 Å². The largest absolute Gasteiger partial charge is 0.671 e. The first kappa shape index (κ1) is 31.0. The highest BCUT2D eigenvalue weighted by Crippen LogP contribution is 2.45. The fourth-order valence-electron chi connectivity index (χ4n) is 4.43. The molecule has 0 saturated carbocycles. The van der Waals surface area contributed by atoms with Gasteiger partial charge in [0.25, 0.3) is 0 Å². The van der Waals surface area contributed by atoms with Gasteiger partial charge in [0.15, 0.2) is 0 Å². The number of carbonyl (C=O) groups is 1. The lowest BCUT2D eigenvalue weighted by Crippen LogP contribution is -2.37. The SMILES string of the molecule is CCOc1cc(C(F)(F)F)ccc1C1=NC(c2ccc(Cl)cc2)C(c2ccc(Cl)cc2)N1C(=O)O.[NH-]Cc1ccco1. The van der Waals surface area contributed by atoms with Crippen LogP contribution in [0.1, 0.15) is 47.0 Å². The number of carboxylic acid groups (broad SMARTS) is 1. The van der Waals surface area contributed by atoms with Crippen molar-refractivity contribution in [2.24, 2.45) is 4.99 Å². The van der Waals surface area contributed by atoms with Crippen molar-refractivity contribution in [1.82, 2.24) is 4.90 Å². The first-order valence-electron chi connectivity index (χ1n) is 12.7. The number of alkyl halides is 3. The molecule has 2 heterocycles. The molecule has 1 aromatic heterocycles. The Balaban J connectivity index is 0.000000507. The molecule has 0 radical (unpaired) electrons. The standard InChI is InChI=1S/C25H19Cl2F3N2O3.C5H6NO/c1-2-35-20-13-16(25(28,29)30)7-12-19(20)23-31-21(14-3-8-17(26)9-4-14)22(32(23)24(33)34)15-5-10-18(27)11-6-15;6-4-5-2-1-3-7-5/h3-13,21-22H,2H2,1H3,(H,33,34);1-3,6H,4H2/q;-1. The van der Waals surface area contributed by atoms with E-state index in [1.54, 1.807) is 73.9 Å². The van der Waals surface area contributed by atoms with Gasteiger partial charge in [0.2, 0.25) is 0 Å². The van der Waals surface area contributed by atoms with Crippen molar-refractivity contribution in [2.75, 3.05) is 6.61 Å². The van der Waals surface area contributed by atoms with Crippen LogP contribution in [0.4, 0.5) is 18.0 Å². The van der Waals surface area contributed by atoms with Gasteiger partial charge in [-0.3, -0.25) is 9.89 Å². The molecule has 1 aliphatic rings. The fraction of sp³-hybridized carbons (Fsp3) is 0.200. The van der Waals surface area contributed by atoms with Crippen LogP contribution in [-0.2, 0) is 12.7 Å². The Hall–Kier alpha value is -3.99. The third-order valence-electron chi connectivity index (χ3n) is 6.30. The number of halogens is 5. The summed E-state index contributed by atoms with van der Waals surface area (Å²) in [4.78, 5) is 18.3. The van der Waals surface area contributed by atoms with Gasteiger partial charge < -0.3 is 20.0 Å². The molecule has 3 aromatic carbocycles. The highest BCUT2D eigenvalue weighted by atomic mass is 35.5. The molecule has 0 spiro atoms. The van der Waals surface area contributed by atoms with E-state index in [4.69, 9.17) is 43.1 Å². The minimum Gasteiger partial charge on any atom is -0.671 e. The third kappa shape index (κ3) is 7.07. The lowest BCUT2D eigenvalue weighted by atomic mass is 9.94. The zero-order valence-corrected chi connectivity index (χ0v) is 23.6. The van der Waals surface area contributed by atoms with Crippen molar-refractivity contribution in [1.29, 1.82) is 0 Å². The summed E-state index contributed by atoms with van der Waals surface area (Å²) in [5, 5.41) is 11.2. The van der Waals surface area contributed by atoms with Gasteiger partial charge in [0.1, 0.15) is 17.6 Å². The summed E-state index contributed by atoms with van der Waals surface area (Å²) in [6.07, 6.45) is -4.34. The normalized spacial score (nSPS) is 16.5. The zero-order chi connectivity index (χ0) is 30.4. The molecule has 0 saturated heterocycles. The minimum absolute atomic E-state index is 0.0189. The average Bonchev–Trinajstić information content (AvgIpc) is 3.63. The summed E-state index contributed by atoms with van der Waals surface area (Å²) < 4.78 is 50.3. The smallest absolute Gasteiger partial charge is 0.416 e. The zero-order valence-electron chi connectivity index (χ0n) is 22.1. The molecule has 2 atom stereocenters.